The Morgan fingerprint density at radius 3 is 2.20 bits per heavy atom. The molecule has 0 saturated carbocycles. The number of nitrogens with zero attached hydrogens (tertiary/aromatic N) is 1. The second-order valence-electron chi connectivity index (χ2n) is 6.16. The Morgan fingerprint density at radius 1 is 1.00 bits per heavy atom. The number of anilines is 1. The first-order chi connectivity index (χ1) is 11.9. The van der Waals surface area contributed by atoms with Crippen molar-refractivity contribution in [2.45, 2.75) is 32.9 Å². The highest BCUT2D eigenvalue weighted by Crippen LogP contribution is 2.23. The van der Waals surface area contributed by atoms with Crippen LogP contribution in [0.15, 0.2) is 54.6 Å². The molecule has 0 aliphatic heterocycles. The fraction of sp³-hybridized carbons (Fsp3) is 0.300. The number of likely N-dealkylation sites (N-methyl/N-ethyl adjacent to an activating group) is 1. The average Bonchev–Trinajstić information content (AvgIpc) is 2.57. The summed E-state index contributed by atoms with van der Waals surface area (Å²) in [4.78, 5) is 26.6. The maximum Gasteiger partial charge on any atom is 0.410 e. The number of hydrogen-bond donors (Lipinski definition) is 1. The molecule has 1 N–H and O–H groups in total. The van der Waals surface area contributed by atoms with E-state index in [0.717, 1.165) is 16.8 Å². The molecule has 5 heteroatoms. The van der Waals surface area contributed by atoms with Gasteiger partial charge in [0.25, 0.3) is 5.91 Å². The third kappa shape index (κ3) is 4.83. The first kappa shape index (κ1) is 18.5. The highest BCUT2D eigenvalue weighted by atomic mass is 16.6. The van der Waals surface area contributed by atoms with Crippen molar-refractivity contribution >= 4 is 17.7 Å². The number of para-hydroxylation sites is 1. The van der Waals surface area contributed by atoms with Crippen LogP contribution in [-0.2, 0) is 9.53 Å². The van der Waals surface area contributed by atoms with E-state index in [1.165, 1.54) is 4.90 Å². The average molecular weight is 340 g/mol. The van der Waals surface area contributed by atoms with Crippen LogP contribution in [0.3, 0.4) is 0 Å². The Kier molecular flexibility index (Phi) is 6.17. The van der Waals surface area contributed by atoms with Crippen LogP contribution >= 0.6 is 0 Å². The van der Waals surface area contributed by atoms with Crippen molar-refractivity contribution in [3.8, 4) is 0 Å². The number of ether oxygens (including phenoxy) is 1. The van der Waals surface area contributed by atoms with E-state index in [2.05, 4.69) is 5.32 Å². The minimum absolute atomic E-state index is 0.259. The molecule has 25 heavy (non-hydrogen) atoms. The maximum absolute atomic E-state index is 12.9. The molecule has 0 aliphatic carbocycles. The second-order valence-corrected chi connectivity index (χ2v) is 6.16. The third-order valence-corrected chi connectivity index (χ3v) is 3.78. The molecule has 0 radical (unpaired) electrons. The molecular formula is C20H24N2O3. The SMILES string of the molecule is Cc1ccccc1NC(=O)C(c1ccccc1)N(C)C(=O)OC(C)C. The quantitative estimate of drug-likeness (QED) is 0.889. The van der Waals surface area contributed by atoms with E-state index in [0.29, 0.717) is 0 Å². The summed E-state index contributed by atoms with van der Waals surface area (Å²) in [6, 6.07) is 15.9. The van der Waals surface area contributed by atoms with Gasteiger partial charge in [-0.1, -0.05) is 48.5 Å². The number of carbonyl (C=O) groups is 2. The molecule has 0 bridgehead atoms. The van der Waals surface area contributed by atoms with Crippen LogP contribution < -0.4 is 5.32 Å². The zero-order valence-electron chi connectivity index (χ0n) is 15.0. The molecule has 2 rings (SSSR count). The van der Waals surface area contributed by atoms with E-state index in [1.807, 2.05) is 61.5 Å². The zero-order valence-corrected chi connectivity index (χ0v) is 15.0. The van der Waals surface area contributed by atoms with E-state index >= 15 is 0 Å². The van der Waals surface area contributed by atoms with Crippen molar-refractivity contribution in [2.24, 2.45) is 0 Å². The van der Waals surface area contributed by atoms with Gasteiger partial charge in [0.1, 0.15) is 6.04 Å². The summed E-state index contributed by atoms with van der Waals surface area (Å²) in [7, 11) is 1.57. The lowest BCUT2D eigenvalue weighted by atomic mass is 10.0. The van der Waals surface area contributed by atoms with Gasteiger partial charge in [-0.05, 0) is 38.0 Å². The second kappa shape index (κ2) is 8.33. The normalized spacial score (nSPS) is 11.7. The molecule has 5 nitrogen and oxygen atoms in total. The summed E-state index contributed by atoms with van der Waals surface area (Å²) >= 11 is 0. The first-order valence-corrected chi connectivity index (χ1v) is 8.25. The minimum Gasteiger partial charge on any atom is -0.447 e. The Morgan fingerprint density at radius 2 is 1.60 bits per heavy atom. The number of hydrogen-bond acceptors (Lipinski definition) is 3. The van der Waals surface area contributed by atoms with Gasteiger partial charge in [-0.15, -0.1) is 0 Å². The van der Waals surface area contributed by atoms with Gasteiger partial charge in [-0.2, -0.15) is 0 Å². The monoisotopic (exact) mass is 340 g/mol. The van der Waals surface area contributed by atoms with Crippen LogP contribution in [0.4, 0.5) is 10.5 Å². The topological polar surface area (TPSA) is 58.6 Å². The predicted molar refractivity (Wildman–Crippen MR) is 98.4 cm³/mol. The molecule has 0 spiro atoms. The number of rotatable bonds is 5. The number of amides is 2. The molecular weight excluding hydrogens is 316 g/mol. The zero-order chi connectivity index (χ0) is 18.4. The predicted octanol–water partition coefficient (Wildman–Crippen LogP) is 4.15. The smallest absolute Gasteiger partial charge is 0.410 e. The summed E-state index contributed by atoms with van der Waals surface area (Å²) in [5.74, 6) is -0.288. The molecule has 0 fully saturated rings. The first-order valence-electron chi connectivity index (χ1n) is 8.25. The van der Waals surface area contributed by atoms with Gasteiger partial charge < -0.3 is 10.1 Å². The molecule has 0 aliphatic rings. The summed E-state index contributed by atoms with van der Waals surface area (Å²) in [5, 5.41) is 2.91. The molecule has 0 heterocycles. The van der Waals surface area contributed by atoms with Crippen LogP contribution in [0.2, 0.25) is 0 Å². The van der Waals surface area contributed by atoms with E-state index in [1.54, 1.807) is 20.9 Å². The van der Waals surface area contributed by atoms with Gasteiger partial charge in [0.2, 0.25) is 0 Å². The van der Waals surface area contributed by atoms with Crippen LogP contribution in [0.25, 0.3) is 0 Å². The standard InChI is InChI=1S/C20H24N2O3/c1-14(2)25-20(24)22(4)18(16-11-6-5-7-12-16)19(23)21-17-13-9-8-10-15(17)3/h5-14,18H,1-4H3,(H,21,23). The molecule has 1 unspecified atom stereocenters. The molecule has 0 aromatic heterocycles. The Bertz CT molecular complexity index is 729. The van der Waals surface area contributed by atoms with Crippen LogP contribution in [0.1, 0.15) is 31.0 Å². The lowest BCUT2D eigenvalue weighted by Crippen LogP contribution is -2.39. The molecule has 2 amide bonds. The summed E-state index contributed by atoms with van der Waals surface area (Å²) < 4.78 is 5.25. The van der Waals surface area contributed by atoms with E-state index in [4.69, 9.17) is 4.74 Å². The lowest BCUT2D eigenvalue weighted by Gasteiger charge is -2.28. The van der Waals surface area contributed by atoms with Crippen molar-refractivity contribution in [1.82, 2.24) is 4.90 Å². The van der Waals surface area contributed by atoms with Gasteiger partial charge in [0.05, 0.1) is 6.10 Å². The Labute approximate surface area is 148 Å². The maximum atomic E-state index is 12.9. The number of carbonyl (C=O) groups excluding carboxylic acids is 2. The van der Waals surface area contributed by atoms with E-state index < -0.39 is 12.1 Å². The Balaban J connectivity index is 2.30. The number of aryl methyl sites for hydroxylation is 1. The summed E-state index contributed by atoms with van der Waals surface area (Å²) in [6.07, 6.45) is -0.797. The molecule has 2 aromatic rings. The van der Waals surface area contributed by atoms with Gasteiger partial charge in [0, 0.05) is 12.7 Å². The van der Waals surface area contributed by atoms with Crippen molar-refractivity contribution in [3.05, 3.63) is 65.7 Å². The minimum atomic E-state index is -0.785. The van der Waals surface area contributed by atoms with E-state index in [-0.39, 0.29) is 12.0 Å². The van der Waals surface area contributed by atoms with Crippen molar-refractivity contribution in [2.75, 3.05) is 12.4 Å². The highest BCUT2D eigenvalue weighted by molar-refractivity contribution is 5.97. The van der Waals surface area contributed by atoms with Crippen LogP contribution in [0, 0.1) is 6.92 Å². The van der Waals surface area contributed by atoms with Crippen molar-refractivity contribution < 1.29 is 14.3 Å². The number of nitrogens with one attached hydrogen (secondary N) is 1. The van der Waals surface area contributed by atoms with Gasteiger partial charge in [-0.25, -0.2) is 4.79 Å². The fourth-order valence-electron chi connectivity index (χ4n) is 2.49. The summed E-state index contributed by atoms with van der Waals surface area (Å²) in [5.41, 5.74) is 2.39. The van der Waals surface area contributed by atoms with Crippen LogP contribution in [0.5, 0.6) is 0 Å². The fourth-order valence-corrected chi connectivity index (χ4v) is 2.49. The van der Waals surface area contributed by atoms with Gasteiger partial charge in [0.15, 0.2) is 0 Å². The van der Waals surface area contributed by atoms with Gasteiger partial charge in [-0.3, -0.25) is 9.69 Å². The highest BCUT2D eigenvalue weighted by Gasteiger charge is 2.30. The molecule has 0 saturated heterocycles. The third-order valence-electron chi connectivity index (χ3n) is 3.78. The number of benzene rings is 2. The van der Waals surface area contributed by atoms with E-state index in [9.17, 15) is 9.59 Å². The van der Waals surface area contributed by atoms with Crippen molar-refractivity contribution in [3.63, 3.8) is 0 Å². The largest absolute Gasteiger partial charge is 0.447 e. The van der Waals surface area contributed by atoms with Crippen LogP contribution in [-0.4, -0.2) is 30.1 Å². The van der Waals surface area contributed by atoms with Gasteiger partial charge >= 0.3 is 6.09 Å². The molecule has 132 valence electrons. The van der Waals surface area contributed by atoms with Crippen molar-refractivity contribution in [1.29, 1.82) is 0 Å². The molecule has 1 atom stereocenters. The Hall–Kier alpha value is -2.82. The molecule has 2 aromatic carbocycles. The summed E-state index contributed by atoms with van der Waals surface area (Å²) in [6.45, 7) is 5.47. The lowest BCUT2D eigenvalue weighted by molar-refractivity contribution is -0.120.